The first-order valence-electron chi connectivity index (χ1n) is 4.81. The SMILES string of the molecule is CC(C)NC(=O)C=Cc1ccc([N+](=O)[O-])[nH]1. The maximum absolute atomic E-state index is 11.2. The van der Waals surface area contributed by atoms with Gasteiger partial charge in [-0.25, -0.2) is 4.98 Å². The van der Waals surface area contributed by atoms with Crippen LogP contribution in [0.2, 0.25) is 0 Å². The van der Waals surface area contributed by atoms with E-state index in [2.05, 4.69) is 10.3 Å². The number of carbonyl (C=O) groups excluding carboxylic acids is 1. The fourth-order valence-corrected chi connectivity index (χ4v) is 1.10. The van der Waals surface area contributed by atoms with E-state index in [0.717, 1.165) is 0 Å². The van der Waals surface area contributed by atoms with Gasteiger partial charge in [0.2, 0.25) is 5.91 Å². The molecule has 6 heteroatoms. The molecule has 0 atom stereocenters. The van der Waals surface area contributed by atoms with Gasteiger partial charge >= 0.3 is 5.82 Å². The molecule has 1 amide bonds. The summed E-state index contributed by atoms with van der Waals surface area (Å²) < 4.78 is 0. The van der Waals surface area contributed by atoms with Crippen LogP contribution < -0.4 is 5.32 Å². The minimum Gasteiger partial charge on any atom is -0.358 e. The Labute approximate surface area is 92.5 Å². The maximum Gasteiger partial charge on any atom is 0.321 e. The van der Waals surface area contributed by atoms with Crippen LogP contribution in [-0.4, -0.2) is 21.9 Å². The number of aromatic nitrogens is 1. The quantitative estimate of drug-likeness (QED) is 0.460. The minimum absolute atomic E-state index is 0.0649. The summed E-state index contributed by atoms with van der Waals surface area (Å²) in [6, 6.07) is 2.95. The number of nitro groups is 1. The first-order valence-corrected chi connectivity index (χ1v) is 4.81. The Balaban J connectivity index is 2.62. The van der Waals surface area contributed by atoms with Crippen molar-refractivity contribution >= 4 is 17.8 Å². The van der Waals surface area contributed by atoms with Crippen molar-refractivity contribution in [3.63, 3.8) is 0 Å². The monoisotopic (exact) mass is 223 g/mol. The summed E-state index contributed by atoms with van der Waals surface area (Å²) in [5.74, 6) is -0.323. The number of aromatic amines is 1. The molecule has 0 aliphatic carbocycles. The third kappa shape index (κ3) is 3.56. The lowest BCUT2D eigenvalue weighted by molar-refractivity contribution is -0.389. The molecule has 1 aromatic heterocycles. The minimum atomic E-state index is -0.522. The van der Waals surface area contributed by atoms with Gasteiger partial charge < -0.3 is 15.4 Å². The average molecular weight is 223 g/mol. The summed E-state index contributed by atoms with van der Waals surface area (Å²) in [6.45, 7) is 3.70. The number of carbonyl (C=O) groups is 1. The van der Waals surface area contributed by atoms with Gasteiger partial charge in [-0.3, -0.25) is 4.79 Å². The second-order valence-corrected chi connectivity index (χ2v) is 3.55. The molecule has 0 spiro atoms. The first-order chi connectivity index (χ1) is 7.49. The van der Waals surface area contributed by atoms with E-state index in [0.29, 0.717) is 5.69 Å². The van der Waals surface area contributed by atoms with Gasteiger partial charge in [-0.1, -0.05) is 0 Å². The lowest BCUT2D eigenvalue weighted by atomic mass is 10.3. The van der Waals surface area contributed by atoms with Crippen LogP contribution in [-0.2, 0) is 4.79 Å². The Bertz CT molecular complexity index is 421. The van der Waals surface area contributed by atoms with Gasteiger partial charge in [0.15, 0.2) is 0 Å². The molecule has 1 heterocycles. The molecular weight excluding hydrogens is 210 g/mol. The standard InChI is InChI=1S/C10H13N3O3/c1-7(2)11-10(14)6-4-8-3-5-9(12-8)13(15)16/h3-7,12H,1-2H3,(H,11,14). The summed E-state index contributed by atoms with van der Waals surface area (Å²) >= 11 is 0. The van der Waals surface area contributed by atoms with Crippen molar-refractivity contribution in [1.29, 1.82) is 0 Å². The Morgan fingerprint density at radius 1 is 1.56 bits per heavy atom. The molecule has 0 radical (unpaired) electrons. The van der Waals surface area contributed by atoms with Gasteiger partial charge in [0.1, 0.15) is 5.69 Å². The van der Waals surface area contributed by atoms with E-state index in [1.165, 1.54) is 24.3 Å². The molecule has 16 heavy (non-hydrogen) atoms. The second-order valence-electron chi connectivity index (χ2n) is 3.55. The van der Waals surface area contributed by atoms with E-state index in [-0.39, 0.29) is 17.8 Å². The molecule has 0 aliphatic heterocycles. The lowest BCUT2D eigenvalue weighted by Gasteiger charge is -2.03. The highest BCUT2D eigenvalue weighted by molar-refractivity contribution is 5.91. The van der Waals surface area contributed by atoms with Crippen molar-refractivity contribution in [2.45, 2.75) is 19.9 Å². The van der Waals surface area contributed by atoms with Crippen molar-refractivity contribution in [3.8, 4) is 0 Å². The van der Waals surface area contributed by atoms with Crippen molar-refractivity contribution in [2.24, 2.45) is 0 Å². The molecule has 0 unspecified atom stereocenters. The molecule has 0 bridgehead atoms. The van der Waals surface area contributed by atoms with Gasteiger partial charge in [-0.15, -0.1) is 0 Å². The molecule has 86 valence electrons. The maximum atomic E-state index is 11.2. The zero-order valence-electron chi connectivity index (χ0n) is 9.06. The summed E-state index contributed by atoms with van der Waals surface area (Å²) in [4.78, 5) is 23.6. The largest absolute Gasteiger partial charge is 0.358 e. The van der Waals surface area contributed by atoms with Gasteiger partial charge in [0.25, 0.3) is 0 Å². The highest BCUT2D eigenvalue weighted by Gasteiger charge is 2.05. The fourth-order valence-electron chi connectivity index (χ4n) is 1.10. The van der Waals surface area contributed by atoms with E-state index in [1.54, 1.807) is 0 Å². The third-order valence-corrected chi connectivity index (χ3v) is 1.74. The van der Waals surface area contributed by atoms with E-state index >= 15 is 0 Å². The summed E-state index contributed by atoms with van der Waals surface area (Å²) in [7, 11) is 0. The molecule has 6 nitrogen and oxygen atoms in total. The lowest BCUT2D eigenvalue weighted by Crippen LogP contribution is -2.28. The number of rotatable bonds is 4. The first kappa shape index (κ1) is 12.0. The molecule has 0 fully saturated rings. The van der Waals surface area contributed by atoms with Crippen LogP contribution in [0, 0.1) is 10.1 Å². The predicted molar refractivity (Wildman–Crippen MR) is 59.8 cm³/mol. The van der Waals surface area contributed by atoms with Gasteiger partial charge in [-0.05, 0) is 30.9 Å². The van der Waals surface area contributed by atoms with Crippen molar-refractivity contribution in [3.05, 3.63) is 34.0 Å². The summed E-state index contributed by atoms with van der Waals surface area (Å²) in [5.41, 5.74) is 0.519. The summed E-state index contributed by atoms with van der Waals surface area (Å²) in [5, 5.41) is 13.0. The fraction of sp³-hybridized carbons (Fsp3) is 0.300. The van der Waals surface area contributed by atoms with Gasteiger partial charge in [-0.2, -0.15) is 0 Å². The number of hydrogen-bond donors (Lipinski definition) is 2. The van der Waals surface area contributed by atoms with E-state index < -0.39 is 4.92 Å². The van der Waals surface area contributed by atoms with Crippen molar-refractivity contribution in [2.75, 3.05) is 0 Å². The highest BCUT2D eigenvalue weighted by Crippen LogP contribution is 2.10. The molecule has 1 aromatic rings. The van der Waals surface area contributed by atoms with E-state index in [4.69, 9.17) is 0 Å². The molecule has 2 N–H and O–H groups in total. The average Bonchev–Trinajstić information content (AvgIpc) is 2.61. The molecule has 0 aliphatic rings. The molecule has 0 aromatic carbocycles. The van der Waals surface area contributed by atoms with Crippen molar-refractivity contribution < 1.29 is 9.72 Å². The van der Waals surface area contributed by atoms with Crippen LogP contribution in [0.25, 0.3) is 6.08 Å². The van der Waals surface area contributed by atoms with Crippen LogP contribution in [0.5, 0.6) is 0 Å². The smallest absolute Gasteiger partial charge is 0.321 e. The zero-order chi connectivity index (χ0) is 12.1. The number of H-pyrrole nitrogens is 1. The van der Waals surface area contributed by atoms with Crippen molar-refractivity contribution in [1.82, 2.24) is 10.3 Å². The Hall–Kier alpha value is -2.11. The highest BCUT2D eigenvalue weighted by atomic mass is 16.6. The van der Waals surface area contributed by atoms with Crippen LogP contribution in [0.4, 0.5) is 5.82 Å². The number of nitrogens with one attached hydrogen (secondary N) is 2. The molecular formula is C10H13N3O3. The van der Waals surface area contributed by atoms with Crippen LogP contribution in [0.1, 0.15) is 19.5 Å². The molecule has 0 saturated carbocycles. The molecule has 1 rings (SSSR count). The predicted octanol–water partition coefficient (Wildman–Crippen LogP) is 1.46. The number of amides is 1. The Morgan fingerprint density at radius 3 is 2.75 bits per heavy atom. The Kier molecular flexibility index (Phi) is 3.82. The zero-order valence-corrected chi connectivity index (χ0v) is 9.06. The van der Waals surface area contributed by atoms with Gasteiger partial charge in [0, 0.05) is 18.2 Å². The van der Waals surface area contributed by atoms with Gasteiger partial charge in [0.05, 0.1) is 0 Å². The van der Waals surface area contributed by atoms with E-state index in [9.17, 15) is 14.9 Å². The number of hydrogen-bond acceptors (Lipinski definition) is 3. The van der Waals surface area contributed by atoms with Crippen LogP contribution >= 0.6 is 0 Å². The van der Waals surface area contributed by atoms with Crippen LogP contribution in [0.3, 0.4) is 0 Å². The Morgan fingerprint density at radius 2 is 2.25 bits per heavy atom. The normalized spacial score (nSPS) is 10.9. The second kappa shape index (κ2) is 5.11. The van der Waals surface area contributed by atoms with Crippen LogP contribution in [0.15, 0.2) is 18.2 Å². The van der Waals surface area contributed by atoms with E-state index in [1.807, 2.05) is 13.8 Å². The topological polar surface area (TPSA) is 88.0 Å². The molecule has 0 saturated heterocycles. The third-order valence-electron chi connectivity index (χ3n) is 1.74. The summed E-state index contributed by atoms with van der Waals surface area (Å²) in [6.07, 6.45) is 2.82. The number of nitrogens with zero attached hydrogens (tertiary/aromatic N) is 1.